The highest BCUT2D eigenvalue weighted by molar-refractivity contribution is 8.15. The third kappa shape index (κ3) is 3.38. The second-order valence-corrected chi connectivity index (χ2v) is 8.54. The number of halogens is 2. The molecule has 8 heteroatoms. The summed E-state index contributed by atoms with van der Waals surface area (Å²) >= 11 is 13.8. The molecule has 5 nitrogen and oxygen atoms in total. The van der Waals surface area contributed by atoms with E-state index in [2.05, 4.69) is 4.99 Å². The van der Waals surface area contributed by atoms with Crippen LogP contribution in [0.5, 0.6) is 0 Å². The van der Waals surface area contributed by atoms with Gasteiger partial charge in [-0.3, -0.25) is 9.69 Å². The molecule has 2 heterocycles. The van der Waals surface area contributed by atoms with Crippen molar-refractivity contribution < 1.29 is 14.3 Å². The number of hydrogen-bond donors (Lipinski definition) is 0. The molecule has 0 unspecified atom stereocenters. The summed E-state index contributed by atoms with van der Waals surface area (Å²) in [5, 5.41) is 1.14. The lowest BCUT2D eigenvalue weighted by Gasteiger charge is -2.33. The number of benzene rings is 1. The van der Waals surface area contributed by atoms with Gasteiger partial charge in [0.1, 0.15) is 0 Å². The van der Waals surface area contributed by atoms with Crippen LogP contribution in [0.25, 0.3) is 0 Å². The SMILES string of the molecule is CC1=C(C(=O)OC(C)C)[C@@H](c2ccc(Cl)cc2Cl)N2C(=O)[C@H](C)SC2=N1. The summed E-state index contributed by atoms with van der Waals surface area (Å²) in [6, 6.07) is 4.33. The van der Waals surface area contributed by atoms with Crippen LogP contribution in [-0.4, -0.2) is 33.3 Å². The number of carbonyl (C=O) groups is 2. The zero-order valence-corrected chi connectivity index (χ0v) is 17.1. The zero-order chi connectivity index (χ0) is 19.2. The van der Waals surface area contributed by atoms with Crippen molar-refractivity contribution in [2.75, 3.05) is 0 Å². The first kappa shape index (κ1) is 19.3. The molecule has 0 radical (unpaired) electrons. The van der Waals surface area contributed by atoms with Crippen LogP contribution in [0.3, 0.4) is 0 Å². The van der Waals surface area contributed by atoms with E-state index in [4.69, 9.17) is 27.9 Å². The molecule has 2 atom stereocenters. The average molecular weight is 413 g/mol. The molecule has 3 rings (SSSR count). The Morgan fingerprint density at radius 2 is 2.04 bits per heavy atom. The third-order valence-corrected chi connectivity index (χ3v) is 5.69. The molecule has 26 heavy (non-hydrogen) atoms. The highest BCUT2D eigenvalue weighted by atomic mass is 35.5. The summed E-state index contributed by atoms with van der Waals surface area (Å²) in [5.41, 5.74) is 1.45. The van der Waals surface area contributed by atoms with Gasteiger partial charge >= 0.3 is 5.97 Å². The molecule has 0 aromatic heterocycles. The van der Waals surface area contributed by atoms with Crippen LogP contribution < -0.4 is 0 Å². The van der Waals surface area contributed by atoms with Gasteiger partial charge in [-0.25, -0.2) is 9.79 Å². The molecule has 1 aromatic carbocycles. The molecule has 0 saturated carbocycles. The van der Waals surface area contributed by atoms with E-state index in [0.29, 0.717) is 32.0 Å². The van der Waals surface area contributed by atoms with Crippen LogP contribution in [0.15, 0.2) is 34.5 Å². The number of esters is 1. The van der Waals surface area contributed by atoms with Crippen molar-refractivity contribution in [2.45, 2.75) is 45.1 Å². The quantitative estimate of drug-likeness (QED) is 0.680. The topological polar surface area (TPSA) is 59.0 Å². The van der Waals surface area contributed by atoms with Gasteiger partial charge in [0.2, 0.25) is 5.91 Å². The van der Waals surface area contributed by atoms with Gasteiger partial charge in [0.25, 0.3) is 0 Å². The molecule has 1 aromatic rings. The molecule has 1 fully saturated rings. The van der Waals surface area contributed by atoms with Gasteiger partial charge in [-0.2, -0.15) is 0 Å². The van der Waals surface area contributed by atoms with Crippen molar-refractivity contribution in [3.8, 4) is 0 Å². The summed E-state index contributed by atoms with van der Waals surface area (Å²) in [7, 11) is 0. The van der Waals surface area contributed by atoms with E-state index < -0.39 is 12.0 Å². The zero-order valence-electron chi connectivity index (χ0n) is 14.7. The number of aliphatic imine (C=N–C) groups is 1. The van der Waals surface area contributed by atoms with Gasteiger partial charge < -0.3 is 4.74 Å². The molecule has 2 aliphatic heterocycles. The maximum absolute atomic E-state index is 12.8. The Bertz CT molecular complexity index is 851. The summed E-state index contributed by atoms with van der Waals surface area (Å²) in [6.45, 7) is 7.10. The van der Waals surface area contributed by atoms with E-state index >= 15 is 0 Å². The minimum Gasteiger partial charge on any atom is -0.459 e. The van der Waals surface area contributed by atoms with Crippen molar-refractivity contribution in [3.05, 3.63) is 45.1 Å². The predicted octanol–water partition coefficient (Wildman–Crippen LogP) is 4.59. The van der Waals surface area contributed by atoms with Crippen molar-refractivity contribution in [3.63, 3.8) is 0 Å². The van der Waals surface area contributed by atoms with Crippen LogP contribution >= 0.6 is 35.0 Å². The molecular formula is C18H18Cl2N2O3S. The normalized spacial score (nSPS) is 22.7. The molecule has 1 amide bonds. The Hall–Kier alpha value is -1.50. The Balaban J connectivity index is 2.18. The largest absolute Gasteiger partial charge is 0.459 e. The van der Waals surface area contributed by atoms with Crippen LogP contribution in [0, 0.1) is 0 Å². The van der Waals surface area contributed by atoms with Gasteiger partial charge in [-0.05, 0) is 45.4 Å². The summed E-state index contributed by atoms with van der Waals surface area (Å²) in [4.78, 5) is 31.6. The van der Waals surface area contributed by atoms with Crippen LogP contribution in [0.4, 0.5) is 0 Å². The second kappa shape index (κ2) is 7.25. The van der Waals surface area contributed by atoms with E-state index in [9.17, 15) is 9.59 Å². The Kier molecular flexibility index (Phi) is 5.37. The van der Waals surface area contributed by atoms with Crippen LogP contribution in [-0.2, 0) is 14.3 Å². The van der Waals surface area contributed by atoms with Gasteiger partial charge in [-0.1, -0.05) is 41.0 Å². The van der Waals surface area contributed by atoms with Gasteiger partial charge in [0.15, 0.2) is 5.17 Å². The number of rotatable bonds is 3. The second-order valence-electron chi connectivity index (χ2n) is 6.38. The number of ether oxygens (including phenoxy) is 1. The number of nitrogens with zero attached hydrogens (tertiary/aromatic N) is 2. The summed E-state index contributed by atoms with van der Waals surface area (Å²) < 4.78 is 5.41. The molecule has 138 valence electrons. The van der Waals surface area contributed by atoms with E-state index in [-0.39, 0.29) is 17.3 Å². The maximum Gasteiger partial charge on any atom is 0.338 e. The lowest BCUT2D eigenvalue weighted by Crippen LogP contribution is -2.41. The monoisotopic (exact) mass is 412 g/mol. The number of thioether (sulfide) groups is 1. The summed E-state index contributed by atoms with van der Waals surface area (Å²) in [6.07, 6.45) is -0.294. The Morgan fingerprint density at radius 1 is 1.35 bits per heavy atom. The smallest absolute Gasteiger partial charge is 0.338 e. The number of fused-ring (bicyclic) bond motifs is 1. The first-order valence-corrected chi connectivity index (χ1v) is 9.79. The van der Waals surface area contributed by atoms with E-state index in [0.717, 1.165) is 0 Å². The fraction of sp³-hybridized carbons (Fsp3) is 0.389. The van der Waals surface area contributed by atoms with Gasteiger partial charge in [0, 0.05) is 10.0 Å². The third-order valence-electron chi connectivity index (χ3n) is 4.08. The summed E-state index contributed by atoms with van der Waals surface area (Å²) in [5.74, 6) is -0.624. The average Bonchev–Trinajstić information content (AvgIpc) is 2.80. The van der Waals surface area contributed by atoms with Gasteiger partial charge in [-0.15, -0.1) is 0 Å². The first-order chi connectivity index (χ1) is 12.2. The van der Waals surface area contributed by atoms with Crippen molar-refractivity contribution in [2.24, 2.45) is 4.99 Å². The molecular weight excluding hydrogens is 395 g/mol. The molecule has 0 spiro atoms. The molecule has 0 bridgehead atoms. The minimum atomic E-state index is -0.691. The number of allylic oxidation sites excluding steroid dienone is 1. The van der Waals surface area contributed by atoms with Crippen molar-refractivity contribution in [1.29, 1.82) is 0 Å². The lowest BCUT2D eigenvalue weighted by atomic mass is 9.94. The number of carbonyl (C=O) groups excluding carboxylic acids is 2. The Morgan fingerprint density at radius 3 is 2.65 bits per heavy atom. The highest BCUT2D eigenvalue weighted by Gasteiger charge is 2.47. The van der Waals surface area contributed by atoms with E-state index in [1.807, 2.05) is 6.92 Å². The van der Waals surface area contributed by atoms with Crippen molar-refractivity contribution in [1.82, 2.24) is 4.90 Å². The van der Waals surface area contributed by atoms with Crippen LogP contribution in [0.1, 0.15) is 39.3 Å². The predicted molar refractivity (Wildman–Crippen MR) is 104 cm³/mol. The van der Waals surface area contributed by atoms with Crippen molar-refractivity contribution >= 4 is 52.0 Å². The molecule has 0 N–H and O–H groups in total. The fourth-order valence-corrected chi connectivity index (χ4v) is 4.50. The highest BCUT2D eigenvalue weighted by Crippen LogP contribution is 2.45. The Labute approximate surface area is 166 Å². The number of amidine groups is 1. The molecule has 1 saturated heterocycles. The maximum atomic E-state index is 12.8. The van der Waals surface area contributed by atoms with Crippen LogP contribution in [0.2, 0.25) is 10.0 Å². The minimum absolute atomic E-state index is 0.118. The number of hydrogen-bond acceptors (Lipinski definition) is 5. The number of amides is 1. The molecule has 2 aliphatic rings. The lowest BCUT2D eigenvalue weighted by molar-refractivity contribution is -0.143. The van der Waals surface area contributed by atoms with E-state index in [1.165, 1.54) is 16.7 Å². The molecule has 0 aliphatic carbocycles. The van der Waals surface area contributed by atoms with Gasteiger partial charge in [0.05, 0.1) is 28.7 Å². The van der Waals surface area contributed by atoms with E-state index in [1.54, 1.807) is 39.0 Å². The first-order valence-electron chi connectivity index (χ1n) is 8.15. The standard InChI is InChI=1S/C18H18Cl2N2O3S/c1-8(2)25-17(24)14-9(3)21-18-22(16(23)10(4)26-18)15(14)12-6-5-11(19)7-13(12)20/h5-8,10,15H,1-4H3/t10-,15+/m0/s1. The fourth-order valence-electron chi connectivity index (χ4n) is 2.96.